The molecule has 26 heavy (non-hydrogen) atoms. The average Bonchev–Trinajstić information content (AvgIpc) is 2.85. The lowest BCUT2D eigenvalue weighted by Gasteiger charge is -2.35. The lowest BCUT2D eigenvalue weighted by atomic mass is 9.82. The van der Waals surface area contributed by atoms with Gasteiger partial charge in [-0.2, -0.15) is 18.3 Å². The zero-order valence-corrected chi connectivity index (χ0v) is 14.8. The minimum atomic E-state index is -4.17. The highest BCUT2D eigenvalue weighted by Crippen LogP contribution is 2.37. The first-order valence-electron chi connectivity index (χ1n) is 8.67. The van der Waals surface area contributed by atoms with Crippen molar-refractivity contribution in [2.45, 2.75) is 38.8 Å². The summed E-state index contributed by atoms with van der Waals surface area (Å²) in [7, 11) is 0. The van der Waals surface area contributed by atoms with Crippen LogP contribution < -0.4 is 0 Å². The Kier molecular flexibility index (Phi) is 4.96. The van der Waals surface area contributed by atoms with Gasteiger partial charge in [0.15, 0.2) is 0 Å². The lowest BCUT2D eigenvalue weighted by molar-refractivity contribution is -0.148. The quantitative estimate of drug-likeness (QED) is 0.892. The molecule has 0 aromatic carbocycles. The number of carboxylic acid groups (broad SMARTS) is 1. The molecule has 1 aliphatic heterocycles. The molecule has 2 aromatic heterocycles. The molecule has 0 bridgehead atoms. The number of aromatic carboxylic acids is 1. The lowest BCUT2D eigenvalue weighted by Crippen LogP contribution is -2.41. The number of carbonyl (C=O) groups is 1. The molecule has 142 valence electrons. The summed E-state index contributed by atoms with van der Waals surface area (Å²) in [6.07, 6.45) is -1.26. The molecule has 3 rings (SSSR count). The van der Waals surface area contributed by atoms with E-state index in [1.807, 2.05) is 6.92 Å². The molecule has 1 aliphatic rings. The van der Waals surface area contributed by atoms with Gasteiger partial charge >= 0.3 is 12.1 Å². The van der Waals surface area contributed by atoms with Crippen molar-refractivity contribution in [2.75, 3.05) is 19.6 Å². The fraction of sp³-hybridized carbons (Fsp3) is 0.556. The molecule has 0 spiro atoms. The van der Waals surface area contributed by atoms with Crippen LogP contribution in [0.15, 0.2) is 18.3 Å². The van der Waals surface area contributed by atoms with E-state index in [1.54, 1.807) is 29.8 Å². The first kappa shape index (κ1) is 18.7. The Balaban J connectivity index is 1.84. The zero-order chi connectivity index (χ0) is 19.1. The number of likely N-dealkylation sites (tertiary alicyclic amines) is 1. The minimum Gasteiger partial charge on any atom is -0.478 e. The van der Waals surface area contributed by atoms with E-state index < -0.39 is 18.7 Å². The minimum absolute atomic E-state index is 0.0125. The number of aromatic nitrogens is 2. The second-order valence-electron chi connectivity index (χ2n) is 7.03. The van der Waals surface area contributed by atoms with E-state index in [0.29, 0.717) is 37.0 Å². The van der Waals surface area contributed by atoms with Crippen molar-refractivity contribution in [1.82, 2.24) is 14.5 Å². The fourth-order valence-corrected chi connectivity index (χ4v) is 4.12. The van der Waals surface area contributed by atoms with E-state index in [-0.39, 0.29) is 17.4 Å². The van der Waals surface area contributed by atoms with E-state index in [1.165, 1.54) is 4.90 Å². The molecule has 2 aromatic rings. The third kappa shape index (κ3) is 3.56. The molecule has 1 saturated heterocycles. The van der Waals surface area contributed by atoms with Crippen molar-refractivity contribution in [3.63, 3.8) is 0 Å². The highest BCUT2D eigenvalue weighted by Gasteiger charge is 2.35. The summed E-state index contributed by atoms with van der Waals surface area (Å²) in [5.74, 6) is -0.787. The molecule has 0 amide bonds. The molecular formula is C18H22F3N3O2. The predicted molar refractivity (Wildman–Crippen MR) is 90.5 cm³/mol. The molecule has 1 unspecified atom stereocenters. The number of alkyl halides is 3. The Morgan fingerprint density at radius 1 is 1.38 bits per heavy atom. The van der Waals surface area contributed by atoms with Crippen LogP contribution in [0.5, 0.6) is 0 Å². The summed E-state index contributed by atoms with van der Waals surface area (Å²) in [6.45, 7) is 3.72. The van der Waals surface area contributed by atoms with Crippen LogP contribution in [0.1, 0.15) is 47.3 Å². The van der Waals surface area contributed by atoms with Gasteiger partial charge < -0.3 is 5.11 Å². The van der Waals surface area contributed by atoms with Gasteiger partial charge in [0, 0.05) is 17.8 Å². The summed E-state index contributed by atoms with van der Waals surface area (Å²) in [5, 5.41) is 13.9. The standard InChI is InChI=1S/C18H22F3N3O2/c1-11(13-5-8-23(9-6-13)10-18(19,20)21)16-12(2)15(17(25)26)14-4-3-7-22-24(14)16/h3-4,7,11,13H,5-6,8-10H2,1-2H3,(H,25,26). The second-order valence-corrected chi connectivity index (χ2v) is 7.03. The van der Waals surface area contributed by atoms with Gasteiger partial charge in [0.25, 0.3) is 0 Å². The van der Waals surface area contributed by atoms with Gasteiger partial charge in [-0.05, 0) is 56.5 Å². The number of fused-ring (bicyclic) bond motifs is 1. The summed E-state index contributed by atoms with van der Waals surface area (Å²) >= 11 is 0. The highest BCUT2D eigenvalue weighted by molar-refractivity contribution is 5.98. The number of hydrogen-bond donors (Lipinski definition) is 1. The third-order valence-corrected chi connectivity index (χ3v) is 5.38. The van der Waals surface area contributed by atoms with Crippen LogP contribution >= 0.6 is 0 Å². The molecule has 0 saturated carbocycles. The van der Waals surface area contributed by atoms with Gasteiger partial charge in [0.2, 0.25) is 0 Å². The van der Waals surface area contributed by atoms with Crippen LogP contribution in [0.4, 0.5) is 13.2 Å². The Hall–Kier alpha value is -2.09. The van der Waals surface area contributed by atoms with Gasteiger partial charge in [0.05, 0.1) is 17.6 Å². The van der Waals surface area contributed by atoms with E-state index in [9.17, 15) is 23.1 Å². The van der Waals surface area contributed by atoms with Crippen LogP contribution in [-0.4, -0.2) is 51.4 Å². The Labute approximate surface area is 149 Å². The number of hydrogen-bond acceptors (Lipinski definition) is 3. The number of rotatable bonds is 4. The average molecular weight is 369 g/mol. The number of piperidine rings is 1. The predicted octanol–water partition coefficient (Wildman–Crippen LogP) is 3.72. The van der Waals surface area contributed by atoms with Gasteiger partial charge in [-0.25, -0.2) is 9.31 Å². The molecule has 1 atom stereocenters. The van der Waals surface area contributed by atoms with Gasteiger partial charge in [-0.1, -0.05) is 6.92 Å². The first-order chi connectivity index (χ1) is 12.2. The molecule has 0 aliphatic carbocycles. The van der Waals surface area contributed by atoms with Crippen LogP contribution in [-0.2, 0) is 0 Å². The van der Waals surface area contributed by atoms with Crippen LogP contribution in [0, 0.1) is 12.8 Å². The largest absolute Gasteiger partial charge is 0.478 e. The molecule has 8 heteroatoms. The van der Waals surface area contributed by atoms with Crippen molar-refractivity contribution >= 4 is 11.5 Å². The summed E-state index contributed by atoms with van der Waals surface area (Å²) in [6, 6.07) is 3.43. The number of halogens is 3. The van der Waals surface area contributed by atoms with Gasteiger partial charge in [-0.15, -0.1) is 0 Å². The number of nitrogens with zero attached hydrogens (tertiary/aromatic N) is 3. The monoisotopic (exact) mass is 369 g/mol. The summed E-state index contributed by atoms with van der Waals surface area (Å²) in [4.78, 5) is 13.1. The Morgan fingerprint density at radius 2 is 2.04 bits per heavy atom. The van der Waals surface area contributed by atoms with E-state index in [4.69, 9.17) is 0 Å². The topological polar surface area (TPSA) is 57.8 Å². The van der Waals surface area contributed by atoms with Crippen LogP contribution in [0.25, 0.3) is 5.52 Å². The first-order valence-corrected chi connectivity index (χ1v) is 8.67. The number of carboxylic acids is 1. The zero-order valence-electron chi connectivity index (χ0n) is 14.8. The molecule has 5 nitrogen and oxygen atoms in total. The highest BCUT2D eigenvalue weighted by atomic mass is 19.4. The maximum absolute atomic E-state index is 12.6. The van der Waals surface area contributed by atoms with Crippen molar-refractivity contribution in [2.24, 2.45) is 5.92 Å². The maximum Gasteiger partial charge on any atom is 0.401 e. The molecule has 0 radical (unpaired) electrons. The van der Waals surface area contributed by atoms with Crippen molar-refractivity contribution < 1.29 is 23.1 Å². The molecular weight excluding hydrogens is 347 g/mol. The molecule has 1 fully saturated rings. The normalized spacial score (nSPS) is 18.3. The smallest absolute Gasteiger partial charge is 0.401 e. The Morgan fingerprint density at radius 3 is 2.62 bits per heavy atom. The summed E-state index contributed by atoms with van der Waals surface area (Å²) < 4.78 is 39.3. The second kappa shape index (κ2) is 6.90. The van der Waals surface area contributed by atoms with Crippen molar-refractivity contribution in [1.29, 1.82) is 0 Å². The van der Waals surface area contributed by atoms with Crippen molar-refractivity contribution in [3.05, 3.63) is 35.2 Å². The van der Waals surface area contributed by atoms with E-state index in [2.05, 4.69) is 5.10 Å². The maximum atomic E-state index is 12.6. The molecule has 3 heterocycles. The van der Waals surface area contributed by atoms with Gasteiger partial charge in [-0.3, -0.25) is 4.90 Å². The molecule has 1 N–H and O–H groups in total. The fourth-order valence-electron chi connectivity index (χ4n) is 4.12. The van der Waals surface area contributed by atoms with Crippen LogP contribution in [0.2, 0.25) is 0 Å². The summed E-state index contributed by atoms with van der Waals surface area (Å²) in [5.41, 5.74) is 2.32. The Bertz CT molecular complexity index is 808. The van der Waals surface area contributed by atoms with Crippen LogP contribution in [0.3, 0.4) is 0 Å². The van der Waals surface area contributed by atoms with E-state index in [0.717, 1.165) is 5.69 Å². The van der Waals surface area contributed by atoms with Gasteiger partial charge in [0.1, 0.15) is 0 Å². The van der Waals surface area contributed by atoms with E-state index >= 15 is 0 Å². The van der Waals surface area contributed by atoms with Crippen molar-refractivity contribution in [3.8, 4) is 0 Å². The third-order valence-electron chi connectivity index (χ3n) is 5.38. The SMILES string of the molecule is Cc1c(C(=O)O)c2cccnn2c1C(C)C1CCN(CC(F)(F)F)CC1.